The molecule has 3 nitrogen and oxygen atoms in total. The van der Waals surface area contributed by atoms with E-state index in [0.29, 0.717) is 18.4 Å². The van der Waals surface area contributed by atoms with Crippen molar-refractivity contribution in [1.29, 1.82) is 0 Å². The summed E-state index contributed by atoms with van der Waals surface area (Å²) in [6.07, 6.45) is 4.24. The number of amides is 1. The molecule has 0 aromatic rings. The number of nitrogens with two attached hydrogens (primary N) is 1. The third-order valence-electron chi connectivity index (χ3n) is 1.99. The highest BCUT2D eigenvalue weighted by Gasteiger charge is 2.14. The van der Waals surface area contributed by atoms with E-state index in [-0.39, 0.29) is 5.76 Å². The van der Waals surface area contributed by atoms with Crippen LogP contribution in [-0.2, 0) is 4.79 Å². The number of rotatable bonds is 1. The van der Waals surface area contributed by atoms with E-state index in [1.165, 1.54) is 0 Å². The molecule has 1 amide bonds. The molecule has 11 heavy (non-hydrogen) atoms. The van der Waals surface area contributed by atoms with Crippen molar-refractivity contribution in [2.45, 2.75) is 32.1 Å². The van der Waals surface area contributed by atoms with E-state index >= 15 is 0 Å². The normalized spacial score (nSPS) is 19.6. The molecule has 1 aliphatic carbocycles. The summed E-state index contributed by atoms with van der Waals surface area (Å²) in [5.74, 6) is -0.264. The number of allylic oxidation sites excluding steroid dienone is 1. The third kappa shape index (κ3) is 1.97. The Morgan fingerprint density at radius 2 is 1.91 bits per heavy atom. The minimum absolute atomic E-state index is 0.204. The summed E-state index contributed by atoms with van der Waals surface area (Å²) >= 11 is 0. The Labute approximate surface area is 65.9 Å². The highest BCUT2D eigenvalue weighted by atomic mass is 16.3. The van der Waals surface area contributed by atoms with E-state index < -0.39 is 5.91 Å². The fourth-order valence-corrected chi connectivity index (χ4v) is 1.33. The van der Waals surface area contributed by atoms with Crippen molar-refractivity contribution in [3.8, 4) is 0 Å². The van der Waals surface area contributed by atoms with Crippen molar-refractivity contribution in [3.63, 3.8) is 0 Å². The molecule has 1 aliphatic rings. The van der Waals surface area contributed by atoms with Gasteiger partial charge in [-0.25, -0.2) is 0 Å². The van der Waals surface area contributed by atoms with Gasteiger partial charge in [0.05, 0.1) is 5.57 Å². The van der Waals surface area contributed by atoms with Gasteiger partial charge in [-0.2, -0.15) is 0 Å². The van der Waals surface area contributed by atoms with Gasteiger partial charge in [0.2, 0.25) is 5.91 Å². The topological polar surface area (TPSA) is 63.3 Å². The molecular formula is C8H13NO2. The number of carbonyl (C=O) groups is 1. The monoisotopic (exact) mass is 155 g/mol. The average molecular weight is 155 g/mol. The minimum atomic E-state index is -0.468. The second-order valence-electron chi connectivity index (χ2n) is 2.85. The summed E-state index contributed by atoms with van der Waals surface area (Å²) in [6.45, 7) is 0. The van der Waals surface area contributed by atoms with Crippen LogP contribution in [0.3, 0.4) is 0 Å². The molecule has 0 aliphatic heterocycles. The van der Waals surface area contributed by atoms with Crippen LogP contribution in [-0.4, -0.2) is 11.0 Å². The molecular weight excluding hydrogens is 142 g/mol. The first-order valence-electron chi connectivity index (χ1n) is 3.92. The van der Waals surface area contributed by atoms with E-state index in [9.17, 15) is 9.90 Å². The average Bonchev–Trinajstić information content (AvgIpc) is 2.13. The van der Waals surface area contributed by atoms with Gasteiger partial charge in [0, 0.05) is 6.42 Å². The van der Waals surface area contributed by atoms with Crippen LogP contribution in [0.25, 0.3) is 0 Å². The maximum absolute atomic E-state index is 10.7. The molecule has 0 heterocycles. The summed E-state index contributed by atoms with van der Waals surface area (Å²) in [5.41, 5.74) is 5.50. The Kier molecular flexibility index (Phi) is 2.52. The smallest absolute Gasteiger partial charge is 0.247 e. The molecule has 0 saturated carbocycles. The lowest BCUT2D eigenvalue weighted by molar-refractivity contribution is -0.114. The van der Waals surface area contributed by atoms with Crippen LogP contribution in [0.15, 0.2) is 11.3 Å². The third-order valence-corrected chi connectivity index (χ3v) is 1.99. The molecule has 3 heteroatoms. The van der Waals surface area contributed by atoms with Crippen molar-refractivity contribution in [2.24, 2.45) is 5.73 Å². The lowest BCUT2D eigenvalue weighted by Crippen LogP contribution is -2.15. The van der Waals surface area contributed by atoms with Crippen LogP contribution >= 0.6 is 0 Å². The molecule has 0 aromatic heterocycles. The zero-order valence-corrected chi connectivity index (χ0v) is 6.47. The molecule has 0 atom stereocenters. The van der Waals surface area contributed by atoms with E-state index in [2.05, 4.69) is 0 Å². The molecule has 62 valence electrons. The van der Waals surface area contributed by atoms with Gasteiger partial charge in [0.15, 0.2) is 0 Å². The number of hydrogen-bond acceptors (Lipinski definition) is 2. The SMILES string of the molecule is NC(=O)C1=C(O)CCCCC1. The number of primary amides is 1. The molecule has 0 fully saturated rings. The predicted molar refractivity (Wildman–Crippen MR) is 41.9 cm³/mol. The Hall–Kier alpha value is -0.990. The summed E-state index contributed by atoms with van der Waals surface area (Å²) in [6, 6.07) is 0. The molecule has 3 N–H and O–H groups in total. The fraction of sp³-hybridized carbons (Fsp3) is 0.625. The van der Waals surface area contributed by atoms with Crippen molar-refractivity contribution < 1.29 is 9.90 Å². The van der Waals surface area contributed by atoms with Crippen molar-refractivity contribution in [3.05, 3.63) is 11.3 Å². The van der Waals surface area contributed by atoms with Gasteiger partial charge < -0.3 is 10.8 Å². The number of hydrogen-bond donors (Lipinski definition) is 2. The molecule has 1 rings (SSSR count). The first-order valence-corrected chi connectivity index (χ1v) is 3.92. The van der Waals surface area contributed by atoms with Crippen molar-refractivity contribution >= 4 is 5.91 Å². The molecule has 0 saturated heterocycles. The van der Waals surface area contributed by atoms with Gasteiger partial charge in [-0.1, -0.05) is 6.42 Å². The Morgan fingerprint density at radius 1 is 1.27 bits per heavy atom. The quantitative estimate of drug-likeness (QED) is 0.598. The van der Waals surface area contributed by atoms with E-state index in [1.54, 1.807) is 0 Å². The predicted octanol–water partition coefficient (Wildman–Crippen LogP) is 1.25. The van der Waals surface area contributed by atoms with Crippen LogP contribution < -0.4 is 5.73 Å². The van der Waals surface area contributed by atoms with Gasteiger partial charge in [-0.05, 0) is 19.3 Å². The number of aliphatic hydroxyl groups excluding tert-OH is 1. The molecule has 0 bridgehead atoms. The lowest BCUT2D eigenvalue weighted by Gasteiger charge is -2.01. The summed E-state index contributed by atoms with van der Waals surface area (Å²) < 4.78 is 0. The first kappa shape index (κ1) is 8.11. The van der Waals surface area contributed by atoms with E-state index in [4.69, 9.17) is 5.73 Å². The standard InChI is InChI=1S/C8H13NO2/c9-8(11)6-4-2-1-3-5-7(6)10/h10H,1-5H2,(H2,9,11). The van der Waals surface area contributed by atoms with E-state index in [0.717, 1.165) is 19.3 Å². The van der Waals surface area contributed by atoms with Gasteiger partial charge in [0.1, 0.15) is 5.76 Å². The fourth-order valence-electron chi connectivity index (χ4n) is 1.33. The Bertz CT molecular complexity index is 196. The van der Waals surface area contributed by atoms with Crippen LogP contribution in [0.5, 0.6) is 0 Å². The van der Waals surface area contributed by atoms with Crippen molar-refractivity contribution in [2.75, 3.05) is 0 Å². The van der Waals surface area contributed by atoms with Gasteiger partial charge in [-0.15, -0.1) is 0 Å². The molecule has 0 unspecified atom stereocenters. The first-order chi connectivity index (χ1) is 5.22. The van der Waals surface area contributed by atoms with Crippen LogP contribution in [0.2, 0.25) is 0 Å². The molecule has 0 radical (unpaired) electrons. The number of carbonyl (C=O) groups excluding carboxylic acids is 1. The summed E-state index contributed by atoms with van der Waals surface area (Å²) in [5, 5.41) is 9.30. The second kappa shape index (κ2) is 3.42. The van der Waals surface area contributed by atoms with Crippen LogP contribution in [0.1, 0.15) is 32.1 Å². The maximum atomic E-state index is 10.7. The minimum Gasteiger partial charge on any atom is -0.512 e. The Morgan fingerprint density at radius 3 is 2.55 bits per heavy atom. The van der Waals surface area contributed by atoms with E-state index in [1.807, 2.05) is 0 Å². The zero-order chi connectivity index (χ0) is 8.27. The highest BCUT2D eigenvalue weighted by molar-refractivity contribution is 5.92. The lowest BCUT2D eigenvalue weighted by atomic mass is 10.1. The summed E-state index contributed by atoms with van der Waals surface area (Å²) in [7, 11) is 0. The van der Waals surface area contributed by atoms with Crippen LogP contribution in [0.4, 0.5) is 0 Å². The Balaban J connectivity index is 2.76. The van der Waals surface area contributed by atoms with Crippen molar-refractivity contribution in [1.82, 2.24) is 0 Å². The van der Waals surface area contributed by atoms with Gasteiger partial charge >= 0.3 is 0 Å². The highest BCUT2D eigenvalue weighted by Crippen LogP contribution is 2.21. The summed E-state index contributed by atoms with van der Waals surface area (Å²) in [4.78, 5) is 10.7. The second-order valence-corrected chi connectivity index (χ2v) is 2.85. The number of aliphatic hydroxyl groups is 1. The maximum Gasteiger partial charge on any atom is 0.247 e. The zero-order valence-electron chi connectivity index (χ0n) is 6.47. The van der Waals surface area contributed by atoms with Gasteiger partial charge in [0.25, 0.3) is 0 Å². The molecule has 0 aromatic carbocycles. The van der Waals surface area contributed by atoms with Gasteiger partial charge in [-0.3, -0.25) is 4.79 Å². The molecule has 0 spiro atoms. The largest absolute Gasteiger partial charge is 0.512 e. The van der Waals surface area contributed by atoms with Crippen LogP contribution in [0, 0.1) is 0 Å².